The van der Waals surface area contributed by atoms with Gasteiger partial charge in [-0.3, -0.25) is 24.3 Å². The molecule has 8 aliphatic rings. The maximum Gasteiger partial charge on any atom is 0.306 e. The zero-order valence-corrected chi connectivity index (χ0v) is 55.9. The molecule has 8 aliphatic heterocycles. The van der Waals surface area contributed by atoms with Gasteiger partial charge < -0.3 is 38.8 Å². The highest BCUT2D eigenvalue weighted by atomic mass is 16.5. The third-order valence-corrected chi connectivity index (χ3v) is 18.6. The number of aliphatic hydroxyl groups excluding tert-OH is 1. The van der Waals surface area contributed by atoms with Crippen LogP contribution in [0.5, 0.6) is 0 Å². The SMILES string of the molecule is C#CC#CC.C#CC#CC#C.CCOC(=O)CCCCCN1CC[C@@H](N(Cc2ccccc2)Cc2ccccc2)[C@@H](OC)C1.CO[C@H]1CN(CCCCCC(=O)O[C@H]2CN3CCC2CC3)CC[C@H]1N(Cc1ccccc1)Cc1ccccc1.O[C@H]1CN2CCC1CC2. The number of benzene rings is 4. The molecule has 8 heterocycles. The van der Waals surface area contributed by atoms with Gasteiger partial charge in [0.05, 0.1) is 24.9 Å². The molecule has 0 aliphatic carbocycles. The van der Waals surface area contributed by atoms with Gasteiger partial charge in [-0.15, -0.1) is 19.3 Å². The first-order valence-electron chi connectivity index (χ1n) is 34.0. The summed E-state index contributed by atoms with van der Waals surface area (Å²) in [7, 11) is 3.72. The summed E-state index contributed by atoms with van der Waals surface area (Å²) in [6, 6.07) is 43.8. The van der Waals surface area contributed by atoms with Crippen molar-refractivity contribution in [2.24, 2.45) is 11.8 Å². The van der Waals surface area contributed by atoms with Crippen LogP contribution in [0.15, 0.2) is 121 Å². The standard InChI is InChI=1S/C33H47N3O3.C28H40N2O3.C7H13NO.C6H2.C5H4/c1-38-32-26-34(19-10-4-9-15-33(37)39-31-25-35-20-16-29(31)17-21-35)22-18-30(32)36(23-27-11-5-2-6-12-27)24-28-13-7-3-8-14-28;1-3-33-28(31)17-11-6-12-19-29-20-18-26(27(23-29)32-2)30(21-24-13-7-4-8-14-24)22-25-15-9-5-10-16-25;9-7-5-8-3-1-6(7)2-4-8;1-3-5-6-4-2;1-3-5-4-2/h2-3,5-8,11-14,29-32H,4,9-10,15-26H2,1H3;4-5,7-10,13-16,26-27H,3,6,11-12,17-23H2,1-2H3;6-7,9H,1-5H2;1-2H;1H,2H3/t30-,31+,32+;26-,27+;7-;;/m110../s1. The molecule has 0 amide bonds. The molecule has 12 rings (SSSR count). The van der Waals surface area contributed by atoms with Crippen molar-refractivity contribution in [3.8, 4) is 60.7 Å². The van der Waals surface area contributed by atoms with Gasteiger partial charge in [-0.2, -0.15) is 0 Å². The van der Waals surface area contributed by atoms with Crippen LogP contribution in [0.4, 0.5) is 0 Å². The summed E-state index contributed by atoms with van der Waals surface area (Å²) in [6.45, 7) is 20.6. The van der Waals surface area contributed by atoms with E-state index < -0.39 is 0 Å². The number of ether oxygens (including phenoxy) is 4. The maximum absolute atomic E-state index is 12.4. The van der Waals surface area contributed by atoms with Gasteiger partial charge in [-0.1, -0.05) is 140 Å². The van der Waals surface area contributed by atoms with Crippen molar-refractivity contribution in [3.63, 3.8) is 0 Å². The number of fused-ring (bicyclic) bond motifs is 6. The molecular weight excluding hydrogens is 1140 g/mol. The molecule has 0 spiro atoms. The molecule has 13 nitrogen and oxygen atoms in total. The molecule has 0 unspecified atom stereocenters. The summed E-state index contributed by atoms with van der Waals surface area (Å²) >= 11 is 0. The van der Waals surface area contributed by atoms with Crippen LogP contribution < -0.4 is 0 Å². The fourth-order valence-electron chi connectivity index (χ4n) is 13.6. The Morgan fingerprint density at radius 1 is 0.489 bits per heavy atom. The van der Waals surface area contributed by atoms with Crippen molar-refractivity contribution >= 4 is 11.9 Å². The van der Waals surface area contributed by atoms with Gasteiger partial charge in [0.1, 0.15) is 6.10 Å². The molecule has 8 saturated heterocycles. The van der Waals surface area contributed by atoms with E-state index in [0.717, 1.165) is 130 Å². The number of aliphatic hydroxyl groups is 1. The molecule has 4 bridgehead atoms. The van der Waals surface area contributed by atoms with E-state index in [0.29, 0.717) is 43.4 Å². The first-order chi connectivity index (χ1) is 45.1. The smallest absolute Gasteiger partial charge is 0.306 e. The molecule has 494 valence electrons. The van der Waals surface area contributed by atoms with Crippen LogP contribution >= 0.6 is 0 Å². The summed E-state index contributed by atoms with van der Waals surface area (Å²) in [5, 5.41) is 9.36. The highest BCUT2D eigenvalue weighted by molar-refractivity contribution is 5.69. The Morgan fingerprint density at radius 3 is 1.18 bits per heavy atom. The number of nitrogens with zero attached hydrogens (tertiary/aromatic N) is 6. The first-order valence-corrected chi connectivity index (χ1v) is 34.0. The molecule has 0 radical (unpaired) electrons. The van der Waals surface area contributed by atoms with E-state index in [-0.39, 0.29) is 36.4 Å². The van der Waals surface area contributed by atoms with Crippen molar-refractivity contribution in [2.75, 3.05) is 99.4 Å². The van der Waals surface area contributed by atoms with E-state index in [1.165, 1.54) is 74.1 Å². The Morgan fingerprint density at radius 2 is 0.880 bits per heavy atom. The van der Waals surface area contributed by atoms with Crippen molar-refractivity contribution in [1.29, 1.82) is 0 Å². The van der Waals surface area contributed by atoms with E-state index in [1.54, 1.807) is 6.92 Å². The fourth-order valence-corrected chi connectivity index (χ4v) is 13.6. The lowest BCUT2D eigenvalue weighted by Gasteiger charge is -2.44. The third kappa shape index (κ3) is 27.5. The normalized spacial score (nSPS) is 23.5. The Bertz CT molecular complexity index is 2830. The zero-order chi connectivity index (χ0) is 65.4. The minimum Gasteiger partial charge on any atom is -0.466 e. The van der Waals surface area contributed by atoms with Gasteiger partial charge >= 0.3 is 11.9 Å². The van der Waals surface area contributed by atoms with E-state index in [2.05, 4.69) is 192 Å². The Labute approximate surface area is 554 Å². The zero-order valence-electron chi connectivity index (χ0n) is 55.9. The van der Waals surface area contributed by atoms with Crippen LogP contribution in [-0.2, 0) is 54.7 Å². The predicted molar refractivity (Wildman–Crippen MR) is 371 cm³/mol. The Balaban J connectivity index is 0.000000226. The number of rotatable bonds is 26. The van der Waals surface area contributed by atoms with E-state index >= 15 is 0 Å². The minimum atomic E-state index is -0.0744. The predicted octanol–water partition coefficient (Wildman–Crippen LogP) is 10.8. The van der Waals surface area contributed by atoms with E-state index in [9.17, 15) is 14.7 Å². The van der Waals surface area contributed by atoms with Gasteiger partial charge in [0.25, 0.3) is 0 Å². The molecule has 0 saturated carbocycles. The van der Waals surface area contributed by atoms with Gasteiger partial charge in [-0.25, -0.2) is 0 Å². The lowest BCUT2D eigenvalue weighted by Crippen LogP contribution is -2.54. The number of carbonyl (C=O) groups excluding carboxylic acids is 2. The molecule has 0 aromatic heterocycles. The van der Waals surface area contributed by atoms with Gasteiger partial charge in [0, 0.05) is 91.5 Å². The average molecular weight is 1250 g/mol. The lowest BCUT2D eigenvalue weighted by molar-refractivity contribution is -0.159. The second-order valence-electron chi connectivity index (χ2n) is 25.0. The number of unbranched alkanes of at least 4 members (excludes halogenated alkanes) is 4. The first kappa shape index (κ1) is 74.3. The molecule has 1 N–H and O–H groups in total. The number of terminal acetylenes is 3. The summed E-state index contributed by atoms with van der Waals surface area (Å²) in [5.74, 6) is 16.8. The molecule has 6 atom stereocenters. The van der Waals surface area contributed by atoms with Crippen LogP contribution in [0.1, 0.15) is 126 Å². The van der Waals surface area contributed by atoms with Crippen molar-refractivity contribution in [1.82, 2.24) is 29.4 Å². The highest BCUT2D eigenvalue weighted by Gasteiger charge is 2.38. The molecule has 4 aromatic rings. The number of methoxy groups -OCH3 is 2. The average Bonchev–Trinajstić information content (AvgIpc) is 1.27. The molecule has 13 heteroatoms. The quantitative estimate of drug-likeness (QED) is 0.0366. The van der Waals surface area contributed by atoms with Crippen LogP contribution in [0.2, 0.25) is 0 Å². The van der Waals surface area contributed by atoms with Gasteiger partial charge in [0.15, 0.2) is 0 Å². The summed E-state index contributed by atoms with van der Waals surface area (Å²) < 4.78 is 23.0. The van der Waals surface area contributed by atoms with Crippen LogP contribution in [0, 0.1) is 72.5 Å². The Kier molecular flexibility index (Phi) is 35.5. The maximum atomic E-state index is 12.4. The Hall–Kier alpha value is -6.74. The number of carbonyl (C=O) groups is 2. The van der Waals surface area contributed by atoms with Crippen molar-refractivity contribution in [2.45, 2.75) is 166 Å². The second kappa shape index (κ2) is 44.0. The number of hydrogen-bond donors (Lipinski definition) is 1. The van der Waals surface area contributed by atoms with Crippen LogP contribution in [-0.4, -0.2) is 182 Å². The number of piperidine rings is 8. The fraction of sp³-hybridized carbons (Fsp3) is 0.544. The lowest BCUT2D eigenvalue weighted by atomic mass is 9.86. The van der Waals surface area contributed by atoms with Crippen LogP contribution in [0.3, 0.4) is 0 Å². The molecule has 8 fully saturated rings. The van der Waals surface area contributed by atoms with Crippen LogP contribution in [0.25, 0.3) is 0 Å². The molecule has 92 heavy (non-hydrogen) atoms. The number of hydrogen-bond acceptors (Lipinski definition) is 13. The van der Waals surface area contributed by atoms with E-state index in [4.69, 9.17) is 38.2 Å². The van der Waals surface area contributed by atoms with Gasteiger partial charge in [0.2, 0.25) is 0 Å². The summed E-state index contributed by atoms with van der Waals surface area (Å²) in [5.41, 5.74) is 5.37. The van der Waals surface area contributed by atoms with Crippen molar-refractivity contribution < 1.29 is 33.6 Å². The topological polar surface area (TPSA) is 111 Å². The number of likely N-dealkylation sites (tertiary alicyclic amines) is 2. The van der Waals surface area contributed by atoms with E-state index in [1.807, 2.05) is 21.1 Å². The van der Waals surface area contributed by atoms with Crippen molar-refractivity contribution in [3.05, 3.63) is 144 Å². The monoisotopic (exact) mass is 1250 g/mol. The third-order valence-electron chi connectivity index (χ3n) is 18.6. The second-order valence-corrected chi connectivity index (χ2v) is 25.0. The minimum absolute atomic E-state index is 0.00550. The van der Waals surface area contributed by atoms with Gasteiger partial charge in [-0.05, 0) is 200 Å². The number of esters is 2. The highest BCUT2D eigenvalue weighted by Crippen LogP contribution is 2.31. The summed E-state index contributed by atoms with van der Waals surface area (Å²) in [4.78, 5) is 39.0. The largest absolute Gasteiger partial charge is 0.466 e. The molecular formula is C79H106N6O7. The molecule has 4 aromatic carbocycles. The summed E-state index contributed by atoms with van der Waals surface area (Å²) in [6.07, 6.45) is 28.9.